The zero-order chi connectivity index (χ0) is 63.4. The van der Waals surface area contributed by atoms with E-state index in [0.29, 0.717) is 0 Å². The molecule has 11 aromatic carbocycles. The molecular weight excluding hydrogens is 1100 g/mol. The quantitative estimate of drug-likeness (QED) is 0.154. The lowest BCUT2D eigenvalue weighted by Crippen LogP contribution is -2.61. The van der Waals surface area contributed by atoms with Gasteiger partial charge in [0.2, 0.25) is 0 Å². The summed E-state index contributed by atoms with van der Waals surface area (Å²) in [5.74, 6) is 0. The second-order valence-corrected chi connectivity index (χ2v) is 31.2. The first-order valence-corrected chi connectivity index (χ1v) is 32.8. The lowest BCUT2D eigenvalue weighted by atomic mass is 9.33. The third-order valence-electron chi connectivity index (χ3n) is 19.9. The predicted octanol–water partition coefficient (Wildman–Crippen LogP) is 21.8. The largest absolute Gasteiger partial charge is 0.311 e. The summed E-state index contributed by atoms with van der Waals surface area (Å²) in [5, 5.41) is 5.06. The van der Waals surface area contributed by atoms with Gasteiger partial charge in [0, 0.05) is 67.0 Å². The van der Waals surface area contributed by atoms with Gasteiger partial charge in [-0.05, 0) is 178 Å². The van der Waals surface area contributed by atoms with E-state index in [1.807, 2.05) is 0 Å². The van der Waals surface area contributed by atoms with Gasteiger partial charge in [-0.2, -0.15) is 0 Å². The summed E-state index contributed by atoms with van der Waals surface area (Å²) >= 11 is 0. The fourth-order valence-corrected chi connectivity index (χ4v) is 14.6. The van der Waals surface area contributed by atoms with E-state index in [2.05, 4.69) is 353 Å². The van der Waals surface area contributed by atoms with Crippen LogP contribution in [0, 0.1) is 0 Å². The molecule has 0 fully saturated rings. The van der Waals surface area contributed by atoms with Gasteiger partial charge in [-0.1, -0.05) is 249 Å². The fourth-order valence-electron chi connectivity index (χ4n) is 14.6. The molecule has 4 heterocycles. The first-order valence-electron chi connectivity index (χ1n) is 32.8. The summed E-state index contributed by atoms with van der Waals surface area (Å²) in [6, 6.07) is 88.9. The second kappa shape index (κ2) is 20.6. The first kappa shape index (κ1) is 58.1. The van der Waals surface area contributed by atoms with E-state index >= 15 is 0 Å². The van der Waals surface area contributed by atoms with Crippen molar-refractivity contribution in [2.75, 3.05) is 9.80 Å². The van der Waals surface area contributed by atoms with Crippen molar-refractivity contribution < 1.29 is 0 Å². The highest BCUT2D eigenvalue weighted by atomic mass is 15.2. The molecule has 0 spiro atoms. The van der Waals surface area contributed by atoms with Crippen molar-refractivity contribution in [3.05, 3.63) is 258 Å². The summed E-state index contributed by atoms with van der Waals surface area (Å²) in [7, 11) is 0. The average molecular weight is 1180 g/mol. The fraction of sp³-hybridized carbons (Fsp3) is 0.233. The number of fused-ring (bicyclic) bond motifs is 10. The Morgan fingerprint density at radius 2 is 0.527 bits per heavy atom. The van der Waals surface area contributed by atoms with Crippen molar-refractivity contribution in [2.24, 2.45) is 0 Å². The minimum absolute atomic E-state index is 0.0465. The van der Waals surface area contributed by atoms with Crippen LogP contribution in [0.3, 0.4) is 0 Å². The number of rotatable bonds is 6. The van der Waals surface area contributed by atoms with Crippen LogP contribution in [0.25, 0.3) is 77.2 Å². The van der Waals surface area contributed by atoms with E-state index in [0.717, 1.165) is 22.7 Å². The smallest absolute Gasteiger partial charge is 0.252 e. The van der Waals surface area contributed by atoms with Crippen LogP contribution in [0.5, 0.6) is 0 Å². The van der Waals surface area contributed by atoms with Gasteiger partial charge in [0.05, 0.1) is 22.1 Å². The molecule has 450 valence electrons. The molecule has 0 saturated heterocycles. The number of aromatic nitrogens is 2. The maximum atomic E-state index is 2.61. The van der Waals surface area contributed by atoms with Crippen LogP contribution < -0.4 is 26.2 Å². The number of benzene rings is 11. The molecule has 0 bridgehead atoms. The first-order chi connectivity index (χ1) is 43.3. The summed E-state index contributed by atoms with van der Waals surface area (Å²) < 4.78 is 5.14. The zero-order valence-corrected chi connectivity index (χ0v) is 55.8. The van der Waals surface area contributed by atoms with Gasteiger partial charge in [-0.25, -0.2) is 0 Å². The molecule has 5 heteroatoms. The van der Waals surface area contributed by atoms with Crippen LogP contribution in [-0.4, -0.2) is 15.8 Å². The molecule has 15 rings (SSSR count). The van der Waals surface area contributed by atoms with Crippen LogP contribution in [-0.2, 0) is 27.1 Å². The highest BCUT2D eigenvalue weighted by Gasteiger charge is 2.45. The maximum Gasteiger partial charge on any atom is 0.252 e. The highest BCUT2D eigenvalue weighted by Crippen LogP contribution is 2.49. The van der Waals surface area contributed by atoms with Crippen LogP contribution in [0.4, 0.5) is 34.1 Å². The molecule has 0 N–H and O–H groups in total. The van der Waals surface area contributed by atoms with Crippen molar-refractivity contribution >= 4 is 101 Å². The van der Waals surface area contributed by atoms with Gasteiger partial charge in [0.25, 0.3) is 6.71 Å². The van der Waals surface area contributed by atoms with Crippen molar-refractivity contribution in [2.45, 2.75) is 131 Å². The molecule has 0 aliphatic carbocycles. The normalized spacial score (nSPS) is 13.6. The lowest BCUT2D eigenvalue weighted by molar-refractivity contribution is 0.590. The van der Waals surface area contributed by atoms with Gasteiger partial charge >= 0.3 is 0 Å². The Kier molecular flexibility index (Phi) is 13.2. The lowest BCUT2D eigenvalue weighted by Gasteiger charge is -2.45. The Hall–Kier alpha value is -9.32. The molecule has 0 atom stereocenters. The Balaban J connectivity index is 1.04. The average Bonchev–Trinajstić information content (AvgIpc) is 1.56. The molecule has 0 saturated carbocycles. The molecule has 2 aliphatic rings. The minimum atomic E-state index is -0.214. The van der Waals surface area contributed by atoms with Gasteiger partial charge in [-0.3, -0.25) is 0 Å². The van der Waals surface area contributed by atoms with Crippen molar-refractivity contribution in [1.29, 1.82) is 0 Å². The summed E-state index contributed by atoms with van der Waals surface area (Å²) in [4.78, 5) is 5.22. The summed E-state index contributed by atoms with van der Waals surface area (Å²) in [5.41, 5.74) is 28.9. The second-order valence-electron chi connectivity index (χ2n) is 31.2. The summed E-state index contributed by atoms with van der Waals surface area (Å²) in [6.07, 6.45) is 0. The standard InChI is InChI=1S/C86H83BN4/c1-82(2,3)58-30-40-67-68-41-31-59(83(4,5)6)47-74(68)90(73(67)46-58)65-38-44-71-77(52-65)88(63-34-26-56(27-35-63)54-22-18-16-19-23-54)79-50-62(86(13,14)15)51-80-81(79)87(71)72-45-39-66(53-78(72)89(80)64-36-28-57(29-37-64)55-24-20-17-21-25-55)91-75-48-60(84(7,8)9)32-42-69(75)70-43-33-61(49-76(70)91)85(10,11)12/h16-53H,1-15H3. The van der Waals surface area contributed by atoms with Gasteiger partial charge in [0.1, 0.15) is 0 Å². The Morgan fingerprint density at radius 3 is 0.824 bits per heavy atom. The number of anilines is 6. The van der Waals surface area contributed by atoms with Gasteiger partial charge < -0.3 is 18.9 Å². The van der Waals surface area contributed by atoms with Crippen LogP contribution in [0.1, 0.15) is 132 Å². The Bertz CT molecular complexity index is 4590. The monoisotopic (exact) mass is 1180 g/mol. The molecule has 0 amide bonds. The highest BCUT2D eigenvalue weighted by molar-refractivity contribution is 7.00. The maximum absolute atomic E-state index is 2.61. The van der Waals surface area contributed by atoms with E-state index in [1.165, 1.54) is 133 Å². The number of nitrogens with zero attached hydrogens (tertiary/aromatic N) is 4. The summed E-state index contributed by atoms with van der Waals surface area (Å²) in [6.45, 7) is 35.0. The Morgan fingerprint density at radius 1 is 0.242 bits per heavy atom. The minimum Gasteiger partial charge on any atom is -0.311 e. The molecule has 13 aromatic rings. The molecule has 0 radical (unpaired) electrons. The number of hydrogen-bond acceptors (Lipinski definition) is 2. The van der Waals surface area contributed by atoms with E-state index < -0.39 is 0 Å². The van der Waals surface area contributed by atoms with E-state index in [4.69, 9.17) is 0 Å². The van der Waals surface area contributed by atoms with E-state index in [1.54, 1.807) is 0 Å². The Labute approximate surface area is 539 Å². The van der Waals surface area contributed by atoms with Gasteiger partial charge in [-0.15, -0.1) is 0 Å². The molecule has 2 aromatic heterocycles. The van der Waals surface area contributed by atoms with Crippen LogP contribution in [0.15, 0.2) is 231 Å². The van der Waals surface area contributed by atoms with Crippen LogP contribution in [0.2, 0.25) is 0 Å². The zero-order valence-electron chi connectivity index (χ0n) is 55.8. The molecule has 2 aliphatic heterocycles. The van der Waals surface area contributed by atoms with E-state index in [9.17, 15) is 0 Å². The third kappa shape index (κ3) is 9.72. The molecule has 0 unspecified atom stereocenters. The van der Waals surface area contributed by atoms with Crippen molar-refractivity contribution in [1.82, 2.24) is 9.13 Å². The topological polar surface area (TPSA) is 16.3 Å². The van der Waals surface area contributed by atoms with Gasteiger partial charge in [0.15, 0.2) is 0 Å². The molecule has 4 nitrogen and oxygen atoms in total. The molecule has 91 heavy (non-hydrogen) atoms. The van der Waals surface area contributed by atoms with E-state index in [-0.39, 0.29) is 33.8 Å². The van der Waals surface area contributed by atoms with Crippen LogP contribution >= 0.6 is 0 Å². The third-order valence-corrected chi connectivity index (χ3v) is 19.9. The van der Waals surface area contributed by atoms with Crippen molar-refractivity contribution in [3.63, 3.8) is 0 Å². The molecular formula is C86H83BN4. The predicted molar refractivity (Wildman–Crippen MR) is 394 cm³/mol. The number of hydrogen-bond donors (Lipinski definition) is 0. The van der Waals surface area contributed by atoms with Crippen molar-refractivity contribution in [3.8, 4) is 33.6 Å². The SMILES string of the molecule is CC(C)(C)c1cc2c3c(c1)N(c1ccc(-c4ccccc4)cc1)c1cc(-n4c5cc(C(C)(C)C)ccc5c5ccc(C(C)(C)C)cc54)ccc1B3c1ccc(-n3c4cc(C(C)(C)C)ccc4c4ccc(C(C)(C)C)cc43)cc1N2c1ccc(-c2ccccc2)cc1.